The van der Waals surface area contributed by atoms with E-state index >= 15 is 0 Å². The van der Waals surface area contributed by atoms with Gasteiger partial charge in [0.2, 0.25) is 0 Å². The standard InChI is InChI=1S/C27H31NO3/c1-20-8-7-10-23(16-20)30-19-22(29)17-28(2)15-14-25-24-11-4-3-9-21(24)18-31-27-13-6-5-12-26(25)27/h3-13,16,22,25,29H,14-15,17-19H2,1-2H3. The molecule has 1 heterocycles. The maximum absolute atomic E-state index is 10.5. The van der Waals surface area contributed by atoms with E-state index in [1.807, 2.05) is 37.3 Å². The summed E-state index contributed by atoms with van der Waals surface area (Å²) in [5.41, 5.74) is 4.98. The lowest BCUT2D eigenvalue weighted by Gasteiger charge is -2.25. The number of hydrogen-bond acceptors (Lipinski definition) is 4. The summed E-state index contributed by atoms with van der Waals surface area (Å²) in [5, 5.41) is 10.5. The minimum atomic E-state index is -0.539. The Labute approximate surface area is 185 Å². The fraction of sp³-hybridized carbons (Fsp3) is 0.333. The molecule has 0 fully saturated rings. The summed E-state index contributed by atoms with van der Waals surface area (Å²) < 4.78 is 11.8. The fourth-order valence-corrected chi connectivity index (χ4v) is 4.29. The Bertz CT molecular complexity index is 956. The molecular formula is C27H31NO3. The van der Waals surface area contributed by atoms with Crippen LogP contribution in [0, 0.1) is 6.92 Å². The van der Waals surface area contributed by atoms with E-state index in [1.165, 1.54) is 16.7 Å². The van der Waals surface area contributed by atoms with Crippen LogP contribution in [0.1, 0.15) is 34.6 Å². The van der Waals surface area contributed by atoms with Crippen molar-refractivity contribution in [1.82, 2.24) is 4.90 Å². The van der Waals surface area contributed by atoms with Crippen LogP contribution >= 0.6 is 0 Å². The van der Waals surface area contributed by atoms with E-state index in [9.17, 15) is 5.11 Å². The summed E-state index contributed by atoms with van der Waals surface area (Å²) in [5.74, 6) is 2.05. The van der Waals surface area contributed by atoms with Gasteiger partial charge >= 0.3 is 0 Å². The van der Waals surface area contributed by atoms with Gasteiger partial charge in [-0.1, -0.05) is 54.6 Å². The molecule has 3 aromatic carbocycles. The molecule has 1 aliphatic heterocycles. The lowest BCUT2D eigenvalue weighted by molar-refractivity contribution is 0.0757. The lowest BCUT2D eigenvalue weighted by Crippen LogP contribution is -2.34. The third-order valence-electron chi connectivity index (χ3n) is 5.86. The topological polar surface area (TPSA) is 41.9 Å². The number of aliphatic hydroxyl groups excluding tert-OH is 1. The van der Waals surface area contributed by atoms with Gasteiger partial charge in [0.15, 0.2) is 0 Å². The van der Waals surface area contributed by atoms with Crippen molar-refractivity contribution in [2.24, 2.45) is 0 Å². The Kier molecular flexibility index (Phi) is 6.90. The summed E-state index contributed by atoms with van der Waals surface area (Å²) in [4.78, 5) is 2.18. The average molecular weight is 418 g/mol. The maximum atomic E-state index is 10.5. The van der Waals surface area contributed by atoms with Crippen LogP contribution in [-0.2, 0) is 6.61 Å². The molecular weight excluding hydrogens is 386 g/mol. The van der Waals surface area contributed by atoms with Crippen molar-refractivity contribution in [3.8, 4) is 11.5 Å². The molecule has 0 radical (unpaired) electrons. The van der Waals surface area contributed by atoms with Gasteiger partial charge in [-0.2, -0.15) is 0 Å². The highest BCUT2D eigenvalue weighted by molar-refractivity contribution is 5.46. The van der Waals surface area contributed by atoms with Gasteiger partial charge in [-0.25, -0.2) is 0 Å². The van der Waals surface area contributed by atoms with E-state index in [2.05, 4.69) is 54.4 Å². The van der Waals surface area contributed by atoms with E-state index in [0.717, 1.165) is 30.0 Å². The molecule has 4 rings (SSSR count). The first-order chi connectivity index (χ1) is 15.1. The van der Waals surface area contributed by atoms with Crippen molar-refractivity contribution in [3.05, 3.63) is 95.1 Å². The molecule has 2 unspecified atom stereocenters. The zero-order valence-electron chi connectivity index (χ0n) is 18.3. The van der Waals surface area contributed by atoms with Gasteiger partial charge in [0, 0.05) is 18.0 Å². The van der Waals surface area contributed by atoms with Gasteiger partial charge in [-0.05, 0) is 61.8 Å². The number of aryl methyl sites for hydroxylation is 1. The van der Waals surface area contributed by atoms with Crippen LogP contribution in [0.3, 0.4) is 0 Å². The molecule has 1 N–H and O–H groups in total. The molecule has 0 bridgehead atoms. The summed E-state index contributed by atoms with van der Waals surface area (Å²) in [6, 6.07) is 24.8. The van der Waals surface area contributed by atoms with Crippen LogP contribution in [0.4, 0.5) is 0 Å². The van der Waals surface area contributed by atoms with Gasteiger partial charge in [-0.3, -0.25) is 0 Å². The molecule has 1 aliphatic rings. The van der Waals surface area contributed by atoms with Gasteiger partial charge < -0.3 is 19.5 Å². The molecule has 0 saturated heterocycles. The number of aliphatic hydroxyl groups is 1. The van der Waals surface area contributed by atoms with Crippen molar-refractivity contribution in [1.29, 1.82) is 0 Å². The highest BCUT2D eigenvalue weighted by Crippen LogP contribution is 2.39. The molecule has 2 atom stereocenters. The maximum Gasteiger partial charge on any atom is 0.123 e. The quantitative estimate of drug-likeness (QED) is 0.573. The first-order valence-electron chi connectivity index (χ1n) is 11.0. The minimum absolute atomic E-state index is 0.276. The fourth-order valence-electron chi connectivity index (χ4n) is 4.29. The van der Waals surface area contributed by atoms with Gasteiger partial charge in [-0.15, -0.1) is 0 Å². The number of likely N-dealkylation sites (N-methyl/N-ethyl adjacent to an activating group) is 1. The van der Waals surface area contributed by atoms with Crippen LogP contribution in [-0.4, -0.2) is 42.9 Å². The number of para-hydroxylation sites is 1. The Morgan fingerprint density at radius 1 is 1.03 bits per heavy atom. The van der Waals surface area contributed by atoms with Crippen molar-refractivity contribution >= 4 is 0 Å². The number of ether oxygens (including phenoxy) is 2. The molecule has 3 aromatic rings. The summed E-state index contributed by atoms with van der Waals surface area (Å²) >= 11 is 0. The molecule has 0 amide bonds. The van der Waals surface area contributed by atoms with E-state index in [0.29, 0.717) is 13.2 Å². The number of fused-ring (bicyclic) bond motifs is 2. The Morgan fingerprint density at radius 2 is 1.81 bits per heavy atom. The average Bonchev–Trinajstić information content (AvgIpc) is 2.93. The third-order valence-corrected chi connectivity index (χ3v) is 5.86. The number of rotatable bonds is 8. The summed E-state index contributed by atoms with van der Waals surface area (Å²) in [6.07, 6.45) is 0.418. The second-order valence-electron chi connectivity index (χ2n) is 8.41. The number of hydrogen-bond donors (Lipinski definition) is 1. The molecule has 162 valence electrons. The van der Waals surface area contributed by atoms with Crippen LogP contribution in [0.15, 0.2) is 72.8 Å². The lowest BCUT2D eigenvalue weighted by atomic mass is 9.86. The largest absolute Gasteiger partial charge is 0.491 e. The van der Waals surface area contributed by atoms with E-state index < -0.39 is 6.10 Å². The van der Waals surface area contributed by atoms with Crippen LogP contribution < -0.4 is 9.47 Å². The predicted molar refractivity (Wildman–Crippen MR) is 124 cm³/mol. The first kappa shape index (κ1) is 21.4. The van der Waals surface area contributed by atoms with Crippen LogP contribution in [0.5, 0.6) is 11.5 Å². The van der Waals surface area contributed by atoms with Crippen molar-refractivity contribution in [3.63, 3.8) is 0 Å². The van der Waals surface area contributed by atoms with Gasteiger partial charge in [0.05, 0.1) is 0 Å². The minimum Gasteiger partial charge on any atom is -0.491 e. The molecule has 0 aliphatic carbocycles. The predicted octanol–water partition coefficient (Wildman–Crippen LogP) is 4.78. The summed E-state index contributed by atoms with van der Waals surface area (Å²) in [7, 11) is 2.06. The molecule has 4 heteroatoms. The SMILES string of the molecule is Cc1cccc(OCC(O)CN(C)CCC2c3ccccc3COc3ccccc32)c1. The Balaban J connectivity index is 1.37. The summed E-state index contributed by atoms with van der Waals surface area (Å²) in [6.45, 7) is 4.37. The Morgan fingerprint density at radius 3 is 2.65 bits per heavy atom. The van der Waals surface area contributed by atoms with E-state index in [4.69, 9.17) is 9.47 Å². The van der Waals surface area contributed by atoms with Crippen molar-refractivity contribution < 1.29 is 14.6 Å². The van der Waals surface area contributed by atoms with E-state index in [-0.39, 0.29) is 12.5 Å². The monoisotopic (exact) mass is 417 g/mol. The highest BCUT2D eigenvalue weighted by atomic mass is 16.5. The molecule has 0 saturated carbocycles. The third kappa shape index (κ3) is 5.46. The second kappa shape index (κ2) is 9.99. The smallest absolute Gasteiger partial charge is 0.123 e. The Hall–Kier alpha value is -2.82. The zero-order chi connectivity index (χ0) is 21.6. The number of nitrogens with zero attached hydrogens (tertiary/aromatic N) is 1. The second-order valence-corrected chi connectivity index (χ2v) is 8.41. The number of benzene rings is 3. The van der Waals surface area contributed by atoms with Crippen molar-refractivity contribution in [2.75, 3.05) is 26.7 Å². The molecule has 0 spiro atoms. The van der Waals surface area contributed by atoms with Gasteiger partial charge in [0.25, 0.3) is 0 Å². The first-order valence-corrected chi connectivity index (χ1v) is 11.0. The van der Waals surface area contributed by atoms with Gasteiger partial charge in [0.1, 0.15) is 30.8 Å². The molecule has 31 heavy (non-hydrogen) atoms. The normalized spacial score (nSPS) is 16.1. The highest BCUT2D eigenvalue weighted by Gasteiger charge is 2.24. The zero-order valence-corrected chi connectivity index (χ0v) is 18.3. The van der Waals surface area contributed by atoms with E-state index in [1.54, 1.807) is 0 Å². The van der Waals surface area contributed by atoms with Crippen molar-refractivity contribution in [2.45, 2.75) is 32.0 Å². The molecule has 0 aromatic heterocycles. The van der Waals surface area contributed by atoms with Crippen LogP contribution in [0.25, 0.3) is 0 Å². The van der Waals surface area contributed by atoms with Crippen LogP contribution in [0.2, 0.25) is 0 Å². The molecule has 4 nitrogen and oxygen atoms in total.